The minimum atomic E-state index is -1.12. The quantitative estimate of drug-likeness (QED) is 0.711. The van der Waals surface area contributed by atoms with Crippen molar-refractivity contribution < 1.29 is 19.4 Å². The zero-order valence-corrected chi connectivity index (χ0v) is 15.3. The van der Waals surface area contributed by atoms with Crippen LogP contribution in [0.3, 0.4) is 0 Å². The summed E-state index contributed by atoms with van der Waals surface area (Å²) < 4.78 is 7.28. The lowest BCUT2D eigenvalue weighted by molar-refractivity contribution is 0.0688. The average molecular weight is 360 g/mol. The van der Waals surface area contributed by atoms with Gasteiger partial charge in [0.1, 0.15) is 11.4 Å². The van der Waals surface area contributed by atoms with Crippen LogP contribution in [0.1, 0.15) is 60.2 Å². The molecule has 26 heavy (non-hydrogen) atoms. The van der Waals surface area contributed by atoms with Crippen LogP contribution in [0.2, 0.25) is 0 Å². The summed E-state index contributed by atoms with van der Waals surface area (Å²) >= 11 is 0. The number of hydrogen-bond donors (Lipinski definition) is 2. The van der Waals surface area contributed by atoms with Gasteiger partial charge < -0.3 is 15.2 Å². The van der Waals surface area contributed by atoms with Gasteiger partial charge in [-0.25, -0.2) is 9.48 Å². The summed E-state index contributed by atoms with van der Waals surface area (Å²) in [5.41, 5.74) is 1.47. The van der Waals surface area contributed by atoms with Crippen LogP contribution < -0.4 is 10.1 Å². The minimum absolute atomic E-state index is 0.0684. The second-order valence-electron chi connectivity index (χ2n) is 5.74. The van der Waals surface area contributed by atoms with Crippen molar-refractivity contribution in [3.63, 3.8) is 0 Å². The number of nitrogens with zero attached hydrogens (tertiary/aromatic N) is 3. The average Bonchev–Trinajstić information content (AvgIpc) is 3.04. The fourth-order valence-corrected chi connectivity index (χ4v) is 2.54. The predicted octanol–water partition coefficient (Wildman–Crippen LogP) is 2.46. The van der Waals surface area contributed by atoms with Gasteiger partial charge in [0, 0.05) is 12.1 Å². The molecule has 0 aliphatic carbocycles. The minimum Gasteiger partial charge on any atom is -0.491 e. The summed E-state index contributed by atoms with van der Waals surface area (Å²) in [5, 5.41) is 19.9. The molecule has 1 aromatic heterocycles. The number of ether oxygens (including phenoxy) is 1. The van der Waals surface area contributed by atoms with Crippen molar-refractivity contribution in [3.8, 4) is 11.4 Å². The first kappa shape index (κ1) is 19.4. The van der Waals surface area contributed by atoms with Gasteiger partial charge in [-0.1, -0.05) is 25.5 Å². The molecule has 2 N–H and O–H groups in total. The molecular formula is C18H24N4O4. The zero-order valence-electron chi connectivity index (χ0n) is 15.3. The SMILES string of the molecule is CCCOc1cc(C(=O)NCC)ccc1-n1nnc(C(=O)O)c1CCC. The third-order valence-corrected chi connectivity index (χ3v) is 3.70. The molecule has 1 aromatic carbocycles. The second-order valence-corrected chi connectivity index (χ2v) is 5.74. The Kier molecular flexibility index (Phi) is 6.71. The van der Waals surface area contributed by atoms with E-state index in [9.17, 15) is 14.7 Å². The molecule has 1 amide bonds. The number of carboxylic acid groups (broad SMARTS) is 1. The summed E-state index contributed by atoms with van der Waals surface area (Å²) in [4.78, 5) is 23.5. The molecule has 2 rings (SSSR count). The van der Waals surface area contributed by atoms with Crippen LogP contribution >= 0.6 is 0 Å². The van der Waals surface area contributed by atoms with Crippen LogP contribution in [0.4, 0.5) is 0 Å². The number of carbonyl (C=O) groups excluding carboxylic acids is 1. The van der Waals surface area contributed by atoms with E-state index in [0.717, 1.165) is 12.8 Å². The molecule has 0 aliphatic rings. The molecule has 2 aromatic rings. The van der Waals surface area contributed by atoms with Crippen molar-refractivity contribution in [1.82, 2.24) is 20.3 Å². The highest BCUT2D eigenvalue weighted by atomic mass is 16.5. The van der Waals surface area contributed by atoms with E-state index in [1.807, 2.05) is 20.8 Å². The first-order valence-electron chi connectivity index (χ1n) is 8.76. The largest absolute Gasteiger partial charge is 0.491 e. The van der Waals surface area contributed by atoms with E-state index in [1.165, 1.54) is 4.68 Å². The number of carboxylic acids is 1. The number of aromatic nitrogens is 3. The second kappa shape index (κ2) is 8.98. The maximum absolute atomic E-state index is 12.1. The van der Waals surface area contributed by atoms with Crippen molar-refractivity contribution in [2.45, 2.75) is 40.0 Å². The Balaban J connectivity index is 2.54. The number of rotatable bonds is 9. The van der Waals surface area contributed by atoms with Gasteiger partial charge in [0.25, 0.3) is 5.91 Å². The summed E-state index contributed by atoms with van der Waals surface area (Å²) in [6, 6.07) is 5.01. The van der Waals surface area contributed by atoms with Crippen LogP contribution in [0.25, 0.3) is 5.69 Å². The number of carbonyl (C=O) groups is 2. The topological polar surface area (TPSA) is 106 Å². The maximum atomic E-state index is 12.1. The fraction of sp³-hybridized carbons (Fsp3) is 0.444. The monoisotopic (exact) mass is 360 g/mol. The smallest absolute Gasteiger partial charge is 0.358 e. The van der Waals surface area contributed by atoms with E-state index in [0.29, 0.717) is 42.3 Å². The summed E-state index contributed by atoms with van der Waals surface area (Å²) in [7, 11) is 0. The Morgan fingerprint density at radius 2 is 2.00 bits per heavy atom. The van der Waals surface area contributed by atoms with E-state index in [2.05, 4.69) is 15.6 Å². The van der Waals surface area contributed by atoms with Crippen LogP contribution in [0.5, 0.6) is 5.75 Å². The Morgan fingerprint density at radius 3 is 2.62 bits per heavy atom. The predicted molar refractivity (Wildman–Crippen MR) is 96.1 cm³/mol. The van der Waals surface area contributed by atoms with Crippen molar-refractivity contribution in [2.24, 2.45) is 0 Å². The number of aromatic carboxylic acids is 1. The highest BCUT2D eigenvalue weighted by Crippen LogP contribution is 2.27. The number of amides is 1. The normalized spacial score (nSPS) is 10.6. The lowest BCUT2D eigenvalue weighted by atomic mass is 10.1. The third kappa shape index (κ3) is 4.19. The molecule has 0 atom stereocenters. The van der Waals surface area contributed by atoms with E-state index in [4.69, 9.17) is 4.74 Å². The zero-order chi connectivity index (χ0) is 19.1. The lowest BCUT2D eigenvalue weighted by Crippen LogP contribution is -2.22. The van der Waals surface area contributed by atoms with Crippen molar-refractivity contribution in [1.29, 1.82) is 0 Å². The van der Waals surface area contributed by atoms with Crippen LogP contribution in [0.15, 0.2) is 18.2 Å². The Hall–Kier alpha value is -2.90. The highest BCUT2D eigenvalue weighted by Gasteiger charge is 2.22. The molecular weight excluding hydrogens is 336 g/mol. The molecule has 0 radical (unpaired) electrons. The van der Waals surface area contributed by atoms with Gasteiger partial charge in [-0.2, -0.15) is 0 Å². The summed E-state index contributed by atoms with van der Waals surface area (Å²) in [5.74, 6) is -0.844. The van der Waals surface area contributed by atoms with Gasteiger partial charge in [-0.3, -0.25) is 4.79 Å². The number of hydrogen-bond acceptors (Lipinski definition) is 5. The molecule has 8 nitrogen and oxygen atoms in total. The first-order chi connectivity index (χ1) is 12.5. The van der Waals surface area contributed by atoms with E-state index < -0.39 is 5.97 Å². The third-order valence-electron chi connectivity index (χ3n) is 3.70. The van der Waals surface area contributed by atoms with Crippen LogP contribution in [-0.2, 0) is 6.42 Å². The fourth-order valence-electron chi connectivity index (χ4n) is 2.54. The van der Waals surface area contributed by atoms with Crippen molar-refractivity contribution in [2.75, 3.05) is 13.2 Å². The molecule has 8 heteroatoms. The standard InChI is InChI=1S/C18H24N4O4/c1-4-7-14-16(18(24)25)20-21-22(14)13-9-8-12(17(23)19-6-3)11-15(13)26-10-5-2/h8-9,11H,4-7,10H2,1-3H3,(H,19,23)(H,24,25). The molecule has 0 saturated heterocycles. The maximum Gasteiger partial charge on any atom is 0.358 e. The molecule has 0 saturated carbocycles. The molecule has 0 unspecified atom stereocenters. The Bertz CT molecular complexity index is 785. The molecule has 0 aliphatic heterocycles. The summed E-state index contributed by atoms with van der Waals surface area (Å²) in [6.45, 7) is 6.77. The molecule has 1 heterocycles. The Labute approximate surface area is 152 Å². The number of nitrogens with one attached hydrogen (secondary N) is 1. The Morgan fingerprint density at radius 1 is 1.23 bits per heavy atom. The van der Waals surface area contributed by atoms with Gasteiger partial charge in [0.15, 0.2) is 5.69 Å². The number of benzene rings is 1. The lowest BCUT2D eigenvalue weighted by Gasteiger charge is -2.14. The van der Waals surface area contributed by atoms with E-state index >= 15 is 0 Å². The molecule has 0 spiro atoms. The molecule has 140 valence electrons. The van der Waals surface area contributed by atoms with E-state index in [-0.39, 0.29) is 11.6 Å². The van der Waals surface area contributed by atoms with Crippen molar-refractivity contribution in [3.05, 3.63) is 35.2 Å². The van der Waals surface area contributed by atoms with Gasteiger partial charge >= 0.3 is 5.97 Å². The van der Waals surface area contributed by atoms with Crippen molar-refractivity contribution >= 4 is 11.9 Å². The van der Waals surface area contributed by atoms with Gasteiger partial charge in [-0.15, -0.1) is 5.10 Å². The highest BCUT2D eigenvalue weighted by molar-refractivity contribution is 5.95. The van der Waals surface area contributed by atoms with Gasteiger partial charge in [0.2, 0.25) is 0 Å². The first-order valence-corrected chi connectivity index (χ1v) is 8.76. The van der Waals surface area contributed by atoms with Gasteiger partial charge in [0.05, 0.1) is 12.3 Å². The van der Waals surface area contributed by atoms with Crippen LogP contribution in [-0.4, -0.2) is 45.1 Å². The molecule has 0 bridgehead atoms. The van der Waals surface area contributed by atoms with E-state index in [1.54, 1.807) is 18.2 Å². The van der Waals surface area contributed by atoms with Crippen LogP contribution in [0, 0.1) is 0 Å². The molecule has 0 fully saturated rings. The van der Waals surface area contributed by atoms with Gasteiger partial charge in [-0.05, 0) is 38.0 Å². The summed E-state index contributed by atoms with van der Waals surface area (Å²) in [6.07, 6.45) is 2.06.